The maximum atomic E-state index is 9.25. The van der Waals surface area contributed by atoms with Crippen LogP contribution in [0.5, 0.6) is 0 Å². The number of aliphatic hydroxyl groups excluding tert-OH is 1. The summed E-state index contributed by atoms with van der Waals surface area (Å²) in [6.07, 6.45) is 2.19. The van der Waals surface area contributed by atoms with Gasteiger partial charge in [0.05, 0.1) is 6.54 Å². The van der Waals surface area contributed by atoms with Crippen LogP contribution < -0.4 is 5.32 Å². The van der Waals surface area contributed by atoms with Gasteiger partial charge in [-0.15, -0.1) is 0 Å². The van der Waals surface area contributed by atoms with Gasteiger partial charge in [-0.2, -0.15) is 0 Å². The Labute approximate surface area is 138 Å². The number of aryl methyl sites for hydroxylation is 1. The number of nitrogens with zero attached hydrogens (tertiary/aromatic N) is 1. The van der Waals surface area contributed by atoms with Crippen LogP contribution in [0.25, 0.3) is 0 Å². The second-order valence-corrected chi connectivity index (χ2v) is 6.43. The van der Waals surface area contributed by atoms with Crippen LogP contribution in [0.3, 0.4) is 0 Å². The number of piperidine rings is 1. The lowest BCUT2D eigenvalue weighted by molar-refractivity contribution is 0.127. The average molecular weight is 314 g/mol. The Morgan fingerprint density at radius 1 is 1.17 bits per heavy atom. The fourth-order valence-electron chi connectivity index (χ4n) is 3.16. The van der Waals surface area contributed by atoms with Crippen molar-refractivity contribution in [1.82, 2.24) is 4.90 Å². The fourth-order valence-corrected chi connectivity index (χ4v) is 3.16. The molecule has 124 valence electrons. The second kappa shape index (κ2) is 7.66. The molecule has 3 rings (SSSR count). The van der Waals surface area contributed by atoms with Gasteiger partial charge in [0.25, 0.3) is 0 Å². The number of para-hydroxylation sites is 1. The van der Waals surface area contributed by atoms with E-state index in [-0.39, 0.29) is 0 Å². The van der Waals surface area contributed by atoms with E-state index in [1.807, 2.05) is 19.1 Å². The predicted molar refractivity (Wildman–Crippen MR) is 92.3 cm³/mol. The first-order chi connectivity index (χ1) is 11.2. The van der Waals surface area contributed by atoms with Gasteiger partial charge < -0.3 is 14.8 Å². The van der Waals surface area contributed by atoms with Crippen molar-refractivity contribution in [3.63, 3.8) is 0 Å². The molecule has 0 atom stereocenters. The maximum Gasteiger partial charge on any atom is 0.123 e. The molecule has 1 aromatic carbocycles. The summed E-state index contributed by atoms with van der Waals surface area (Å²) in [5.74, 6) is 2.39. The topological polar surface area (TPSA) is 48.6 Å². The van der Waals surface area contributed by atoms with Crippen molar-refractivity contribution in [3.8, 4) is 0 Å². The fraction of sp³-hybridized carbons (Fsp3) is 0.474. The summed E-state index contributed by atoms with van der Waals surface area (Å²) in [6.45, 7) is 6.09. The molecule has 0 aliphatic carbocycles. The van der Waals surface area contributed by atoms with E-state index in [4.69, 9.17) is 4.42 Å². The van der Waals surface area contributed by atoms with Gasteiger partial charge in [0.1, 0.15) is 11.5 Å². The zero-order chi connectivity index (χ0) is 16.1. The smallest absolute Gasteiger partial charge is 0.123 e. The number of hydrogen-bond donors (Lipinski definition) is 2. The standard InChI is InChI=1S/C19H26N2O2/c1-15-6-7-18(23-15)12-20-19-5-3-2-4-17(19)13-21-10-8-16(14-22)9-11-21/h2-7,16,20,22H,8-14H2,1H3. The van der Waals surface area contributed by atoms with E-state index < -0.39 is 0 Å². The highest BCUT2D eigenvalue weighted by molar-refractivity contribution is 5.51. The van der Waals surface area contributed by atoms with E-state index in [2.05, 4.69) is 34.5 Å². The Balaban J connectivity index is 1.59. The van der Waals surface area contributed by atoms with E-state index in [9.17, 15) is 5.11 Å². The summed E-state index contributed by atoms with van der Waals surface area (Å²) in [5, 5.41) is 12.7. The van der Waals surface area contributed by atoms with Crippen LogP contribution in [0.2, 0.25) is 0 Å². The molecule has 1 saturated heterocycles. The third-order valence-corrected chi connectivity index (χ3v) is 4.63. The molecule has 1 aliphatic heterocycles. The van der Waals surface area contributed by atoms with Crippen LogP contribution in [-0.2, 0) is 13.1 Å². The number of furan rings is 1. The first-order valence-corrected chi connectivity index (χ1v) is 8.45. The second-order valence-electron chi connectivity index (χ2n) is 6.43. The Kier molecular flexibility index (Phi) is 5.36. The molecular weight excluding hydrogens is 288 g/mol. The highest BCUT2D eigenvalue weighted by Crippen LogP contribution is 2.22. The Hall–Kier alpha value is -1.78. The van der Waals surface area contributed by atoms with E-state index >= 15 is 0 Å². The molecular formula is C19H26N2O2. The Bertz CT molecular complexity index is 615. The summed E-state index contributed by atoms with van der Waals surface area (Å²) in [7, 11) is 0. The molecule has 0 bridgehead atoms. The summed E-state index contributed by atoms with van der Waals surface area (Å²) in [4.78, 5) is 2.48. The number of anilines is 1. The Morgan fingerprint density at radius 3 is 2.65 bits per heavy atom. The van der Waals surface area contributed by atoms with Crippen molar-refractivity contribution in [3.05, 3.63) is 53.5 Å². The molecule has 0 radical (unpaired) electrons. The van der Waals surface area contributed by atoms with Crippen LogP contribution in [0.4, 0.5) is 5.69 Å². The molecule has 23 heavy (non-hydrogen) atoms. The zero-order valence-electron chi connectivity index (χ0n) is 13.8. The molecule has 0 unspecified atom stereocenters. The number of benzene rings is 1. The summed E-state index contributed by atoms with van der Waals surface area (Å²) in [5.41, 5.74) is 2.49. The molecule has 1 aliphatic rings. The normalized spacial score (nSPS) is 16.6. The third-order valence-electron chi connectivity index (χ3n) is 4.63. The van der Waals surface area contributed by atoms with Crippen molar-refractivity contribution in [2.24, 2.45) is 5.92 Å². The minimum absolute atomic E-state index is 0.328. The zero-order valence-corrected chi connectivity index (χ0v) is 13.8. The van der Waals surface area contributed by atoms with Gasteiger partial charge in [0.2, 0.25) is 0 Å². The molecule has 1 aromatic heterocycles. The van der Waals surface area contributed by atoms with Gasteiger partial charge in [0, 0.05) is 18.8 Å². The lowest BCUT2D eigenvalue weighted by atomic mass is 9.97. The van der Waals surface area contributed by atoms with E-state index in [1.165, 1.54) is 11.3 Å². The van der Waals surface area contributed by atoms with Crippen molar-refractivity contribution in [2.75, 3.05) is 25.0 Å². The molecule has 2 aromatic rings. The van der Waals surface area contributed by atoms with Gasteiger partial charge in [0.15, 0.2) is 0 Å². The van der Waals surface area contributed by atoms with Crippen molar-refractivity contribution in [2.45, 2.75) is 32.9 Å². The molecule has 0 spiro atoms. The summed E-state index contributed by atoms with van der Waals surface area (Å²) in [6, 6.07) is 12.5. The molecule has 4 nitrogen and oxygen atoms in total. The maximum absolute atomic E-state index is 9.25. The summed E-state index contributed by atoms with van der Waals surface area (Å²) < 4.78 is 5.62. The molecule has 0 saturated carbocycles. The Morgan fingerprint density at radius 2 is 1.96 bits per heavy atom. The van der Waals surface area contributed by atoms with Crippen LogP contribution in [-0.4, -0.2) is 29.7 Å². The number of likely N-dealkylation sites (tertiary alicyclic amines) is 1. The van der Waals surface area contributed by atoms with Gasteiger partial charge in [-0.25, -0.2) is 0 Å². The van der Waals surface area contributed by atoms with Crippen molar-refractivity contribution < 1.29 is 9.52 Å². The van der Waals surface area contributed by atoms with Crippen LogP contribution in [0.1, 0.15) is 29.9 Å². The highest BCUT2D eigenvalue weighted by atomic mass is 16.3. The van der Waals surface area contributed by atoms with Gasteiger partial charge in [-0.3, -0.25) is 4.90 Å². The first-order valence-electron chi connectivity index (χ1n) is 8.45. The lowest BCUT2D eigenvalue weighted by Gasteiger charge is -2.31. The minimum atomic E-state index is 0.328. The van der Waals surface area contributed by atoms with Crippen molar-refractivity contribution >= 4 is 5.69 Å². The van der Waals surface area contributed by atoms with E-state index in [1.54, 1.807) is 0 Å². The van der Waals surface area contributed by atoms with Gasteiger partial charge in [-0.1, -0.05) is 18.2 Å². The monoisotopic (exact) mass is 314 g/mol. The van der Waals surface area contributed by atoms with Crippen molar-refractivity contribution in [1.29, 1.82) is 0 Å². The van der Waals surface area contributed by atoms with Crippen LogP contribution in [0.15, 0.2) is 40.8 Å². The SMILES string of the molecule is Cc1ccc(CNc2ccccc2CN2CCC(CO)CC2)o1. The predicted octanol–water partition coefficient (Wildman–Crippen LogP) is 3.40. The molecule has 4 heteroatoms. The summed E-state index contributed by atoms with van der Waals surface area (Å²) >= 11 is 0. The van der Waals surface area contributed by atoms with Gasteiger partial charge in [-0.05, 0) is 62.5 Å². The van der Waals surface area contributed by atoms with E-state index in [0.29, 0.717) is 19.1 Å². The molecule has 1 fully saturated rings. The third kappa shape index (κ3) is 4.36. The minimum Gasteiger partial charge on any atom is -0.465 e. The number of hydrogen-bond acceptors (Lipinski definition) is 4. The molecule has 2 heterocycles. The number of nitrogens with one attached hydrogen (secondary N) is 1. The van der Waals surface area contributed by atoms with Gasteiger partial charge >= 0.3 is 0 Å². The molecule has 2 N–H and O–H groups in total. The average Bonchev–Trinajstić information content (AvgIpc) is 3.00. The first kappa shape index (κ1) is 16.1. The number of aliphatic hydroxyl groups is 1. The largest absolute Gasteiger partial charge is 0.465 e. The molecule has 0 amide bonds. The van der Waals surface area contributed by atoms with Crippen LogP contribution >= 0.6 is 0 Å². The van der Waals surface area contributed by atoms with E-state index in [0.717, 1.165) is 44.0 Å². The number of rotatable bonds is 6. The quantitative estimate of drug-likeness (QED) is 0.858. The lowest BCUT2D eigenvalue weighted by Crippen LogP contribution is -2.34. The highest BCUT2D eigenvalue weighted by Gasteiger charge is 2.19. The van der Waals surface area contributed by atoms with Crippen LogP contribution in [0, 0.1) is 12.8 Å².